The summed E-state index contributed by atoms with van der Waals surface area (Å²) in [5.41, 5.74) is -0.0268. The molecule has 88 valence electrons. The summed E-state index contributed by atoms with van der Waals surface area (Å²) >= 11 is 0. The molecule has 0 fully saturated rings. The number of carbonyl (C=O) groups is 2. The summed E-state index contributed by atoms with van der Waals surface area (Å²) in [4.78, 5) is 22.8. The van der Waals surface area contributed by atoms with E-state index in [2.05, 4.69) is 16.5 Å². The van der Waals surface area contributed by atoms with Gasteiger partial charge in [0.05, 0.1) is 5.56 Å². The van der Waals surface area contributed by atoms with Gasteiger partial charge in [0.1, 0.15) is 0 Å². The summed E-state index contributed by atoms with van der Waals surface area (Å²) in [7, 11) is 0. The van der Waals surface area contributed by atoms with Gasteiger partial charge in [0.2, 0.25) is 0 Å². The molecule has 0 unspecified atom stereocenters. The quantitative estimate of drug-likeness (QED) is 0.215. The second-order valence-corrected chi connectivity index (χ2v) is 3.08. The van der Waals surface area contributed by atoms with E-state index in [9.17, 15) is 9.59 Å². The smallest absolute Gasteiger partial charge is 0.364 e. The molecule has 1 rings (SSSR count). The van der Waals surface area contributed by atoms with Crippen LogP contribution in [0.5, 0.6) is 0 Å². The monoisotopic (exact) mass is 233 g/mol. The van der Waals surface area contributed by atoms with Crippen LogP contribution in [0.15, 0.2) is 48.1 Å². The minimum atomic E-state index is -0.985. The highest BCUT2D eigenvalue weighted by atomic mass is 16.6. The van der Waals surface area contributed by atoms with Crippen LogP contribution in [0.4, 0.5) is 0 Å². The molecule has 0 amide bonds. The van der Waals surface area contributed by atoms with Gasteiger partial charge in [0, 0.05) is 6.42 Å². The van der Waals surface area contributed by atoms with Crippen molar-refractivity contribution in [3.8, 4) is 0 Å². The van der Waals surface area contributed by atoms with Gasteiger partial charge in [-0.1, -0.05) is 29.4 Å². The third kappa shape index (κ3) is 3.57. The maximum Gasteiger partial charge on any atom is 0.364 e. The molecule has 0 aliphatic heterocycles. The van der Waals surface area contributed by atoms with Gasteiger partial charge in [-0.25, -0.2) is 9.59 Å². The second kappa shape index (κ2) is 6.22. The molecule has 0 aromatic heterocycles. The minimum Gasteiger partial charge on any atom is -0.410 e. The number of oxime groups is 1. The van der Waals surface area contributed by atoms with E-state index in [0.717, 1.165) is 0 Å². The third-order valence-corrected chi connectivity index (χ3v) is 1.89. The molecule has 0 atom stereocenters. The van der Waals surface area contributed by atoms with Crippen LogP contribution in [-0.2, 0) is 9.53 Å². The number of rotatable bonds is 4. The molecule has 5 heteroatoms. The van der Waals surface area contributed by atoms with E-state index in [4.69, 9.17) is 5.21 Å². The number of nitrogens with zero attached hydrogens (tertiary/aromatic N) is 1. The normalized spacial score (nSPS) is 10.7. The van der Waals surface area contributed by atoms with Gasteiger partial charge in [-0.2, -0.15) is 0 Å². The van der Waals surface area contributed by atoms with Gasteiger partial charge in [0.25, 0.3) is 0 Å². The highest BCUT2D eigenvalue weighted by Crippen LogP contribution is 2.02. The van der Waals surface area contributed by atoms with Crippen LogP contribution in [-0.4, -0.2) is 22.9 Å². The lowest BCUT2D eigenvalue weighted by Gasteiger charge is -2.02. The Labute approximate surface area is 98.0 Å². The van der Waals surface area contributed by atoms with E-state index in [0.29, 0.717) is 0 Å². The summed E-state index contributed by atoms with van der Waals surface area (Å²) in [6.45, 7) is 3.38. The fourth-order valence-electron chi connectivity index (χ4n) is 1.08. The van der Waals surface area contributed by atoms with E-state index in [1.807, 2.05) is 0 Å². The Morgan fingerprint density at radius 3 is 2.53 bits per heavy atom. The van der Waals surface area contributed by atoms with Gasteiger partial charge >= 0.3 is 11.9 Å². The van der Waals surface area contributed by atoms with Crippen LogP contribution in [0, 0.1) is 0 Å². The molecule has 0 spiro atoms. The maximum atomic E-state index is 11.5. The van der Waals surface area contributed by atoms with Gasteiger partial charge in [-0.3, -0.25) is 0 Å². The van der Waals surface area contributed by atoms with Crippen molar-refractivity contribution in [2.75, 3.05) is 0 Å². The average molecular weight is 233 g/mol. The van der Waals surface area contributed by atoms with Crippen molar-refractivity contribution < 1.29 is 19.5 Å². The van der Waals surface area contributed by atoms with Crippen LogP contribution in [0.3, 0.4) is 0 Å². The Bertz CT molecular complexity index is 451. The van der Waals surface area contributed by atoms with Crippen LogP contribution in [0.1, 0.15) is 16.8 Å². The molecule has 0 aliphatic rings. The standard InChI is InChI=1S/C12H11NO4/c1-2-6-10(13-16)12(15)17-11(14)9-7-4-3-5-8-9/h2-5,7-8,16H,1,6H2. The van der Waals surface area contributed by atoms with Crippen LogP contribution >= 0.6 is 0 Å². The number of ether oxygens (including phenoxy) is 1. The number of carbonyl (C=O) groups excluding carboxylic acids is 2. The van der Waals surface area contributed by atoms with Crippen molar-refractivity contribution in [2.24, 2.45) is 5.16 Å². The first kappa shape index (κ1) is 12.6. The Kier molecular flexibility index (Phi) is 4.62. The van der Waals surface area contributed by atoms with E-state index in [1.165, 1.54) is 18.2 Å². The predicted octanol–water partition coefficient (Wildman–Crippen LogP) is 1.78. The molecular weight excluding hydrogens is 222 g/mol. The van der Waals surface area contributed by atoms with Gasteiger partial charge < -0.3 is 9.94 Å². The SMILES string of the molecule is C=CCC(=NO)C(=O)OC(=O)c1ccccc1. The topological polar surface area (TPSA) is 76.0 Å². The second-order valence-electron chi connectivity index (χ2n) is 3.08. The lowest BCUT2D eigenvalue weighted by Crippen LogP contribution is -2.21. The summed E-state index contributed by atoms with van der Waals surface area (Å²) in [5, 5.41) is 11.3. The molecule has 17 heavy (non-hydrogen) atoms. The molecule has 5 nitrogen and oxygen atoms in total. The Morgan fingerprint density at radius 2 is 2.00 bits per heavy atom. The highest BCUT2D eigenvalue weighted by Gasteiger charge is 2.17. The molecule has 0 bridgehead atoms. The zero-order chi connectivity index (χ0) is 12.7. The van der Waals surface area contributed by atoms with Crippen molar-refractivity contribution >= 4 is 17.7 Å². The van der Waals surface area contributed by atoms with Crippen molar-refractivity contribution in [2.45, 2.75) is 6.42 Å². The first-order valence-electron chi connectivity index (χ1n) is 4.82. The molecule has 1 aromatic carbocycles. The summed E-state index contributed by atoms with van der Waals surface area (Å²) in [6.07, 6.45) is 1.39. The predicted molar refractivity (Wildman–Crippen MR) is 60.9 cm³/mol. The summed E-state index contributed by atoms with van der Waals surface area (Å²) < 4.78 is 4.53. The van der Waals surface area contributed by atoms with Crippen molar-refractivity contribution in [1.29, 1.82) is 0 Å². The van der Waals surface area contributed by atoms with Crippen LogP contribution < -0.4 is 0 Å². The molecule has 0 aliphatic carbocycles. The summed E-state index contributed by atoms with van der Waals surface area (Å²) in [6, 6.07) is 8.05. The van der Waals surface area contributed by atoms with Crippen molar-refractivity contribution in [3.63, 3.8) is 0 Å². The third-order valence-electron chi connectivity index (χ3n) is 1.89. The van der Waals surface area contributed by atoms with Crippen LogP contribution in [0.25, 0.3) is 0 Å². The first-order chi connectivity index (χ1) is 8.19. The van der Waals surface area contributed by atoms with E-state index < -0.39 is 11.9 Å². The van der Waals surface area contributed by atoms with Gasteiger partial charge in [0.15, 0.2) is 5.71 Å². The molecule has 1 N–H and O–H groups in total. The molecular formula is C12H11NO4. The Balaban J connectivity index is 2.69. The van der Waals surface area contributed by atoms with Crippen LogP contribution in [0.2, 0.25) is 0 Å². The Hall–Kier alpha value is -2.43. The summed E-state index contributed by atoms with van der Waals surface area (Å²) in [5.74, 6) is -1.78. The number of esters is 2. The molecule has 0 heterocycles. The first-order valence-corrected chi connectivity index (χ1v) is 4.82. The van der Waals surface area contributed by atoms with E-state index >= 15 is 0 Å². The molecule has 0 saturated heterocycles. The number of hydrogen-bond donors (Lipinski definition) is 1. The number of benzene rings is 1. The zero-order valence-corrected chi connectivity index (χ0v) is 9.00. The lowest BCUT2D eigenvalue weighted by molar-refractivity contribution is -0.130. The van der Waals surface area contributed by atoms with E-state index in [-0.39, 0.29) is 17.7 Å². The number of allylic oxidation sites excluding steroid dienone is 1. The largest absolute Gasteiger partial charge is 0.410 e. The van der Waals surface area contributed by atoms with E-state index in [1.54, 1.807) is 18.2 Å². The fraction of sp³-hybridized carbons (Fsp3) is 0.0833. The molecule has 0 radical (unpaired) electrons. The Morgan fingerprint density at radius 1 is 1.35 bits per heavy atom. The number of hydrogen-bond acceptors (Lipinski definition) is 5. The lowest BCUT2D eigenvalue weighted by atomic mass is 10.2. The molecule has 0 saturated carbocycles. The van der Waals surface area contributed by atoms with Gasteiger partial charge in [-0.05, 0) is 12.1 Å². The fourth-order valence-corrected chi connectivity index (χ4v) is 1.08. The van der Waals surface area contributed by atoms with Crippen molar-refractivity contribution in [1.82, 2.24) is 0 Å². The minimum absolute atomic E-state index is 0.0252. The van der Waals surface area contributed by atoms with Crippen molar-refractivity contribution in [3.05, 3.63) is 48.6 Å². The average Bonchev–Trinajstić information content (AvgIpc) is 2.36. The molecule has 1 aromatic rings. The zero-order valence-electron chi connectivity index (χ0n) is 9.00. The highest BCUT2D eigenvalue weighted by molar-refractivity contribution is 6.38. The van der Waals surface area contributed by atoms with Gasteiger partial charge in [-0.15, -0.1) is 6.58 Å². The maximum absolute atomic E-state index is 11.5.